The van der Waals surface area contributed by atoms with Crippen molar-refractivity contribution in [2.75, 3.05) is 6.61 Å². The van der Waals surface area contributed by atoms with Gasteiger partial charge in [-0.15, -0.1) is 0 Å². The van der Waals surface area contributed by atoms with E-state index in [4.69, 9.17) is 9.47 Å². The van der Waals surface area contributed by atoms with Crippen molar-refractivity contribution in [3.8, 4) is 11.5 Å². The van der Waals surface area contributed by atoms with Gasteiger partial charge < -0.3 is 14.6 Å². The zero-order valence-electron chi connectivity index (χ0n) is 13.2. The first-order chi connectivity index (χ1) is 11.5. The zero-order valence-corrected chi connectivity index (χ0v) is 13.2. The molecule has 0 saturated heterocycles. The van der Waals surface area contributed by atoms with Crippen LogP contribution >= 0.6 is 0 Å². The maximum Gasteiger partial charge on any atom is 0.306 e. The van der Waals surface area contributed by atoms with Gasteiger partial charge in [0.1, 0.15) is 12.4 Å². The van der Waals surface area contributed by atoms with Crippen LogP contribution in [0.2, 0.25) is 0 Å². The molecule has 2 rings (SSSR count). The Morgan fingerprint density at radius 2 is 1.83 bits per heavy atom. The number of benzene rings is 2. The Hall–Kier alpha value is -2.63. The number of aromatic hydroxyl groups is 1. The predicted octanol–water partition coefficient (Wildman–Crippen LogP) is 3.75. The minimum Gasteiger partial charge on any atom is -0.508 e. The molecule has 0 bridgehead atoms. The van der Waals surface area contributed by atoms with Crippen molar-refractivity contribution in [3.63, 3.8) is 0 Å². The first kappa shape index (κ1) is 17.7. The standard InChI is InChI=1S/C18H18F2O4/c1-2-23-17(22)7-6-12-9-15(19)18(16(20)10-12)24-11-13-4-3-5-14(21)8-13/h3-5,8-10,21H,2,6-7,11H2,1H3. The van der Waals surface area contributed by atoms with Gasteiger partial charge in [-0.05, 0) is 48.7 Å². The Balaban J connectivity index is 2.02. The molecule has 0 amide bonds. The third-order valence-electron chi connectivity index (χ3n) is 3.27. The van der Waals surface area contributed by atoms with Gasteiger partial charge in [0, 0.05) is 6.42 Å². The maximum absolute atomic E-state index is 14.0. The van der Waals surface area contributed by atoms with E-state index in [1.54, 1.807) is 19.1 Å². The lowest BCUT2D eigenvalue weighted by Gasteiger charge is -2.10. The Labute approximate surface area is 138 Å². The van der Waals surface area contributed by atoms with Crippen LogP contribution < -0.4 is 4.74 Å². The number of hydrogen-bond acceptors (Lipinski definition) is 4. The van der Waals surface area contributed by atoms with Gasteiger partial charge in [0.2, 0.25) is 0 Å². The van der Waals surface area contributed by atoms with Gasteiger partial charge in [0.15, 0.2) is 17.4 Å². The molecule has 0 fully saturated rings. The summed E-state index contributed by atoms with van der Waals surface area (Å²) in [7, 11) is 0. The average Bonchev–Trinajstić information content (AvgIpc) is 2.52. The first-order valence-electron chi connectivity index (χ1n) is 7.54. The number of phenolic OH excluding ortho intramolecular Hbond substituents is 1. The fourth-order valence-corrected chi connectivity index (χ4v) is 2.18. The van der Waals surface area contributed by atoms with E-state index in [9.17, 15) is 18.7 Å². The van der Waals surface area contributed by atoms with Crippen LogP contribution in [0.25, 0.3) is 0 Å². The lowest BCUT2D eigenvalue weighted by atomic mass is 10.1. The molecule has 2 aromatic rings. The van der Waals surface area contributed by atoms with Crippen molar-refractivity contribution in [3.05, 3.63) is 59.2 Å². The van der Waals surface area contributed by atoms with Crippen LogP contribution in [-0.2, 0) is 22.6 Å². The second-order valence-corrected chi connectivity index (χ2v) is 5.15. The Morgan fingerprint density at radius 3 is 2.46 bits per heavy atom. The van der Waals surface area contributed by atoms with Crippen molar-refractivity contribution in [2.24, 2.45) is 0 Å². The summed E-state index contributed by atoms with van der Waals surface area (Å²) in [5.74, 6) is -2.53. The second-order valence-electron chi connectivity index (χ2n) is 5.15. The maximum atomic E-state index is 14.0. The van der Waals surface area contributed by atoms with Crippen molar-refractivity contribution in [1.82, 2.24) is 0 Å². The monoisotopic (exact) mass is 336 g/mol. The van der Waals surface area contributed by atoms with E-state index in [0.717, 1.165) is 12.1 Å². The molecule has 24 heavy (non-hydrogen) atoms. The van der Waals surface area contributed by atoms with Gasteiger partial charge in [0.05, 0.1) is 6.61 Å². The summed E-state index contributed by atoms with van der Waals surface area (Å²) >= 11 is 0. The molecule has 0 aliphatic heterocycles. The predicted molar refractivity (Wildman–Crippen MR) is 83.8 cm³/mol. The summed E-state index contributed by atoms with van der Waals surface area (Å²) in [5, 5.41) is 9.36. The molecule has 0 unspecified atom stereocenters. The van der Waals surface area contributed by atoms with Gasteiger partial charge in [-0.1, -0.05) is 12.1 Å². The summed E-state index contributed by atoms with van der Waals surface area (Å²) in [6.07, 6.45) is 0.232. The normalized spacial score (nSPS) is 10.5. The molecule has 0 aliphatic carbocycles. The largest absolute Gasteiger partial charge is 0.508 e. The fraction of sp³-hybridized carbons (Fsp3) is 0.278. The fourth-order valence-electron chi connectivity index (χ4n) is 2.18. The Bertz CT molecular complexity index is 693. The van der Waals surface area contributed by atoms with E-state index in [1.807, 2.05) is 0 Å². The van der Waals surface area contributed by atoms with E-state index in [1.165, 1.54) is 12.1 Å². The Kier molecular flexibility index (Phi) is 6.12. The van der Waals surface area contributed by atoms with Crippen molar-refractivity contribution < 1.29 is 28.2 Å². The van der Waals surface area contributed by atoms with E-state index in [0.29, 0.717) is 11.1 Å². The van der Waals surface area contributed by atoms with Crippen molar-refractivity contribution in [2.45, 2.75) is 26.4 Å². The van der Waals surface area contributed by atoms with Crippen LogP contribution in [-0.4, -0.2) is 17.7 Å². The van der Waals surface area contributed by atoms with Gasteiger partial charge in [-0.25, -0.2) is 8.78 Å². The SMILES string of the molecule is CCOC(=O)CCc1cc(F)c(OCc2cccc(O)c2)c(F)c1. The van der Waals surface area contributed by atoms with Crippen LogP contribution in [0.1, 0.15) is 24.5 Å². The van der Waals surface area contributed by atoms with Crippen LogP contribution in [0, 0.1) is 11.6 Å². The summed E-state index contributed by atoms with van der Waals surface area (Å²) in [6.45, 7) is 1.88. The highest BCUT2D eigenvalue weighted by molar-refractivity contribution is 5.69. The number of esters is 1. The van der Waals surface area contributed by atoms with Gasteiger partial charge >= 0.3 is 5.97 Å². The minimum atomic E-state index is -0.839. The molecule has 0 spiro atoms. The molecule has 0 aromatic heterocycles. The van der Waals surface area contributed by atoms with Gasteiger partial charge in [-0.2, -0.15) is 0 Å². The molecule has 0 atom stereocenters. The van der Waals surface area contributed by atoms with Crippen molar-refractivity contribution >= 4 is 5.97 Å². The zero-order chi connectivity index (χ0) is 17.5. The first-order valence-corrected chi connectivity index (χ1v) is 7.54. The molecule has 0 aliphatic rings. The molecular weight excluding hydrogens is 318 g/mol. The quantitative estimate of drug-likeness (QED) is 0.783. The second kappa shape index (κ2) is 8.29. The molecule has 0 saturated carbocycles. The van der Waals surface area contributed by atoms with Crippen molar-refractivity contribution in [1.29, 1.82) is 0 Å². The molecule has 128 valence electrons. The summed E-state index contributed by atoms with van der Waals surface area (Å²) in [6, 6.07) is 8.50. The highest BCUT2D eigenvalue weighted by atomic mass is 19.1. The number of halogens is 2. The average molecular weight is 336 g/mol. The minimum absolute atomic E-state index is 0.0476. The Morgan fingerprint density at radius 1 is 1.12 bits per heavy atom. The number of rotatable bonds is 7. The number of carbonyl (C=O) groups excluding carboxylic acids is 1. The molecular formula is C18H18F2O4. The highest BCUT2D eigenvalue weighted by Crippen LogP contribution is 2.25. The van der Waals surface area contributed by atoms with E-state index in [2.05, 4.69) is 0 Å². The number of phenols is 1. The molecule has 6 heteroatoms. The van der Waals surface area contributed by atoms with E-state index in [-0.39, 0.29) is 31.8 Å². The molecule has 0 radical (unpaired) electrons. The van der Waals surface area contributed by atoms with Crippen LogP contribution in [0.4, 0.5) is 8.78 Å². The van der Waals surface area contributed by atoms with Crippen LogP contribution in [0.3, 0.4) is 0 Å². The number of carbonyl (C=O) groups is 1. The third-order valence-corrected chi connectivity index (χ3v) is 3.27. The van der Waals surface area contributed by atoms with E-state index < -0.39 is 23.4 Å². The van der Waals surface area contributed by atoms with Crippen LogP contribution in [0.5, 0.6) is 11.5 Å². The summed E-state index contributed by atoms with van der Waals surface area (Å²) in [5.41, 5.74) is 0.933. The molecule has 2 aromatic carbocycles. The lowest BCUT2D eigenvalue weighted by Crippen LogP contribution is -2.06. The third kappa shape index (κ3) is 4.94. The molecule has 4 nitrogen and oxygen atoms in total. The highest BCUT2D eigenvalue weighted by Gasteiger charge is 2.14. The van der Waals surface area contributed by atoms with E-state index >= 15 is 0 Å². The number of ether oxygens (including phenoxy) is 2. The van der Waals surface area contributed by atoms with Gasteiger partial charge in [0.25, 0.3) is 0 Å². The van der Waals surface area contributed by atoms with Crippen LogP contribution in [0.15, 0.2) is 36.4 Å². The van der Waals surface area contributed by atoms with Gasteiger partial charge in [-0.3, -0.25) is 4.79 Å². The topological polar surface area (TPSA) is 55.8 Å². The molecule has 1 N–H and O–H groups in total. The molecule has 0 heterocycles. The lowest BCUT2D eigenvalue weighted by molar-refractivity contribution is -0.143. The smallest absolute Gasteiger partial charge is 0.306 e. The summed E-state index contributed by atoms with van der Waals surface area (Å²) in [4.78, 5) is 11.3. The number of aryl methyl sites for hydroxylation is 1. The summed E-state index contributed by atoms with van der Waals surface area (Å²) < 4.78 is 38.0. The number of hydrogen-bond donors (Lipinski definition) is 1.